The molecule has 3 aromatic rings. The maximum absolute atomic E-state index is 15.1. The van der Waals surface area contributed by atoms with Crippen molar-refractivity contribution >= 4 is 39.2 Å². The number of ether oxygens (including phenoxy) is 2. The molecule has 44 heavy (non-hydrogen) atoms. The molecule has 240 valence electrons. The molecule has 10 nitrogen and oxygen atoms in total. The number of rotatable bonds is 6. The van der Waals surface area contributed by atoms with Crippen LogP contribution in [0.15, 0.2) is 17.0 Å². The smallest absolute Gasteiger partial charge is 0.318 e. The van der Waals surface area contributed by atoms with Crippen molar-refractivity contribution in [1.82, 2.24) is 24.6 Å². The molecule has 0 radical (unpaired) electrons. The SMILES string of the molecule is COc1nc2c(c(N3CCCn4nc(C(=O)N(C)C5CC5)c(Cl)c4C3)n1)COC(c1c(S(F)(F)(F)(F)F)ccc(N)c1F)C2. The average molecular weight is 668 g/mol. The van der Waals surface area contributed by atoms with E-state index in [4.69, 9.17) is 26.8 Å². The summed E-state index contributed by atoms with van der Waals surface area (Å²) in [6.07, 6.45) is 0.103. The first kappa shape index (κ1) is 30.6. The number of amides is 1. The first-order valence-corrected chi connectivity index (χ1v) is 15.9. The molecule has 2 aliphatic heterocycles. The van der Waals surface area contributed by atoms with Crippen LogP contribution in [0.3, 0.4) is 0 Å². The molecule has 1 aliphatic carbocycles. The van der Waals surface area contributed by atoms with E-state index in [-0.39, 0.29) is 47.0 Å². The summed E-state index contributed by atoms with van der Waals surface area (Å²) in [6, 6.07) is 0.531. The summed E-state index contributed by atoms with van der Waals surface area (Å²) in [6.45, 7) is 0.604. The van der Waals surface area contributed by atoms with Crippen LogP contribution in [0.2, 0.25) is 5.02 Å². The van der Waals surface area contributed by atoms with Gasteiger partial charge in [-0.15, -0.1) is 0 Å². The third kappa shape index (κ3) is 5.49. The summed E-state index contributed by atoms with van der Waals surface area (Å²) in [5.41, 5.74) is 4.54. The third-order valence-corrected chi connectivity index (χ3v) is 9.58. The van der Waals surface area contributed by atoms with Crippen LogP contribution < -0.4 is 15.4 Å². The highest BCUT2D eigenvalue weighted by Crippen LogP contribution is 3.02. The number of halogens is 7. The van der Waals surface area contributed by atoms with Gasteiger partial charge in [0.1, 0.15) is 10.7 Å². The van der Waals surface area contributed by atoms with Crippen molar-refractivity contribution in [3.8, 4) is 6.01 Å². The Morgan fingerprint density at radius 3 is 2.57 bits per heavy atom. The monoisotopic (exact) mass is 667 g/mol. The van der Waals surface area contributed by atoms with Gasteiger partial charge in [-0.2, -0.15) is 15.1 Å². The zero-order valence-electron chi connectivity index (χ0n) is 23.5. The Kier molecular flexibility index (Phi) is 6.80. The lowest BCUT2D eigenvalue weighted by atomic mass is 9.98. The molecular formula is C26H28ClF6N7O3S. The maximum atomic E-state index is 15.1. The highest BCUT2D eigenvalue weighted by molar-refractivity contribution is 8.45. The first-order chi connectivity index (χ1) is 20.5. The van der Waals surface area contributed by atoms with Crippen LogP contribution in [0.1, 0.15) is 58.4 Å². The number of carbonyl (C=O) groups excluding carboxylic acids is 1. The molecule has 1 unspecified atom stereocenters. The Morgan fingerprint density at radius 2 is 1.91 bits per heavy atom. The van der Waals surface area contributed by atoms with E-state index in [1.54, 1.807) is 16.6 Å². The number of nitrogens with two attached hydrogens (primary N) is 1. The molecule has 0 spiro atoms. The van der Waals surface area contributed by atoms with Crippen molar-refractivity contribution in [3.05, 3.63) is 51.2 Å². The quantitative estimate of drug-likeness (QED) is 0.245. The molecule has 2 aromatic heterocycles. The summed E-state index contributed by atoms with van der Waals surface area (Å²) >= 11 is 6.69. The number of hydrogen-bond acceptors (Lipinski definition) is 8. The highest BCUT2D eigenvalue weighted by Gasteiger charge is 2.67. The molecule has 1 amide bonds. The summed E-state index contributed by atoms with van der Waals surface area (Å²) < 4.78 is 97.4. The second kappa shape index (κ2) is 9.78. The molecule has 0 bridgehead atoms. The van der Waals surface area contributed by atoms with E-state index in [0.29, 0.717) is 42.7 Å². The van der Waals surface area contributed by atoms with E-state index in [9.17, 15) is 24.2 Å². The molecule has 1 fully saturated rings. The van der Waals surface area contributed by atoms with E-state index in [1.165, 1.54) is 7.11 Å². The van der Waals surface area contributed by atoms with E-state index < -0.39 is 51.3 Å². The van der Waals surface area contributed by atoms with Gasteiger partial charge in [-0.1, -0.05) is 31.0 Å². The van der Waals surface area contributed by atoms with Gasteiger partial charge < -0.3 is 25.0 Å². The number of nitrogens with zero attached hydrogens (tertiary/aromatic N) is 6. The highest BCUT2D eigenvalue weighted by atomic mass is 35.5. The Hall–Kier alpha value is -3.44. The van der Waals surface area contributed by atoms with Gasteiger partial charge in [-0.25, -0.2) is 4.39 Å². The average Bonchev–Trinajstić information content (AvgIpc) is 3.78. The first-order valence-electron chi connectivity index (χ1n) is 13.6. The van der Waals surface area contributed by atoms with Crippen LogP contribution in [0, 0.1) is 5.82 Å². The van der Waals surface area contributed by atoms with Gasteiger partial charge in [0.25, 0.3) is 5.91 Å². The molecule has 1 atom stereocenters. The molecule has 1 saturated carbocycles. The number of methoxy groups -OCH3 is 1. The van der Waals surface area contributed by atoms with Crippen LogP contribution in [0.25, 0.3) is 0 Å². The minimum atomic E-state index is -10.3. The topological polar surface area (TPSA) is 112 Å². The Morgan fingerprint density at radius 1 is 1.18 bits per heavy atom. The molecule has 18 heteroatoms. The van der Waals surface area contributed by atoms with Crippen molar-refractivity contribution < 1.29 is 38.1 Å². The Balaban J connectivity index is 1.36. The maximum Gasteiger partial charge on any atom is 0.318 e. The largest absolute Gasteiger partial charge is 0.467 e. The normalized spacial score (nSPS) is 20.2. The second-order valence-corrected chi connectivity index (χ2v) is 13.8. The van der Waals surface area contributed by atoms with Crippen LogP contribution in [-0.4, -0.2) is 57.3 Å². The number of anilines is 2. The van der Waals surface area contributed by atoms with Gasteiger partial charge in [-0.05, 0) is 31.4 Å². The minimum absolute atomic E-state index is 0.0751. The van der Waals surface area contributed by atoms with Gasteiger partial charge in [0.05, 0.1) is 48.5 Å². The van der Waals surface area contributed by atoms with Crippen molar-refractivity contribution in [2.45, 2.75) is 62.4 Å². The fourth-order valence-electron chi connectivity index (χ4n) is 5.59. The van der Waals surface area contributed by atoms with E-state index in [0.717, 1.165) is 12.8 Å². The molecule has 3 aliphatic rings. The molecule has 0 saturated heterocycles. The van der Waals surface area contributed by atoms with Crippen LogP contribution in [0.4, 0.5) is 35.3 Å². The number of nitrogen functional groups attached to an aromatic ring is 1. The summed E-state index contributed by atoms with van der Waals surface area (Å²) in [4.78, 5) is 22.8. The lowest BCUT2D eigenvalue weighted by Gasteiger charge is -2.43. The van der Waals surface area contributed by atoms with Gasteiger partial charge in [0.15, 0.2) is 11.5 Å². The standard InChI is InChI=1S/C26H28ClF6N7O3S/c1-38(13-4-5-13)25(41)23-21(27)17-11-39(8-3-9-40(17)37-23)24-14-12-43-18(10-16(14)35-26(36-24)42-2)20-19(44(29,30,31,32)33)7-6-15(34)22(20)28/h6-7,13,18H,3-5,8-12,34H2,1-2H3. The molecule has 6 rings (SSSR count). The number of hydrogen-bond donors (Lipinski definition) is 1. The molecule has 4 heterocycles. The van der Waals surface area contributed by atoms with E-state index >= 15 is 4.39 Å². The fraction of sp³-hybridized carbons (Fsp3) is 0.462. The van der Waals surface area contributed by atoms with Crippen molar-refractivity contribution in [3.63, 3.8) is 0 Å². The zero-order valence-corrected chi connectivity index (χ0v) is 25.1. The Labute approximate surface area is 252 Å². The van der Waals surface area contributed by atoms with Crippen LogP contribution in [0.5, 0.6) is 6.01 Å². The number of aryl methyl sites for hydroxylation is 1. The summed E-state index contributed by atoms with van der Waals surface area (Å²) in [7, 11) is -7.36. The summed E-state index contributed by atoms with van der Waals surface area (Å²) in [5, 5.41) is 4.67. The van der Waals surface area contributed by atoms with Crippen LogP contribution in [-0.2, 0) is 30.9 Å². The number of aromatic nitrogens is 4. The molecule has 1 aromatic carbocycles. The zero-order chi connectivity index (χ0) is 31.8. The predicted molar refractivity (Wildman–Crippen MR) is 150 cm³/mol. The molecule has 2 N–H and O–H groups in total. The lowest BCUT2D eigenvalue weighted by molar-refractivity contribution is 0.0212. The minimum Gasteiger partial charge on any atom is -0.467 e. The number of benzene rings is 1. The third-order valence-electron chi connectivity index (χ3n) is 8.00. The van der Waals surface area contributed by atoms with Gasteiger partial charge in [0, 0.05) is 43.7 Å². The number of fused-ring (bicyclic) bond motifs is 2. The van der Waals surface area contributed by atoms with Gasteiger partial charge in [0.2, 0.25) is 0 Å². The Bertz CT molecular complexity index is 1690. The van der Waals surface area contributed by atoms with E-state index in [1.807, 2.05) is 4.90 Å². The number of carbonyl (C=O) groups is 1. The van der Waals surface area contributed by atoms with Crippen molar-refractivity contribution in [1.29, 1.82) is 0 Å². The van der Waals surface area contributed by atoms with Gasteiger partial charge >= 0.3 is 16.2 Å². The lowest BCUT2D eigenvalue weighted by Crippen LogP contribution is -2.30. The van der Waals surface area contributed by atoms with Crippen molar-refractivity contribution in [2.24, 2.45) is 0 Å². The predicted octanol–water partition coefficient (Wildman–Crippen LogP) is 6.17. The molecular weight excluding hydrogens is 640 g/mol. The fourth-order valence-corrected chi connectivity index (χ4v) is 6.83. The second-order valence-electron chi connectivity index (χ2n) is 11.1. The van der Waals surface area contributed by atoms with Gasteiger partial charge in [-0.3, -0.25) is 9.48 Å². The summed E-state index contributed by atoms with van der Waals surface area (Å²) in [5.74, 6) is -1.62. The van der Waals surface area contributed by atoms with E-state index in [2.05, 4.69) is 15.1 Å². The van der Waals surface area contributed by atoms with Crippen molar-refractivity contribution in [2.75, 3.05) is 31.3 Å². The van der Waals surface area contributed by atoms with Crippen LogP contribution >= 0.6 is 21.8 Å².